The van der Waals surface area contributed by atoms with E-state index in [1.807, 2.05) is 0 Å². The van der Waals surface area contributed by atoms with Crippen molar-refractivity contribution in [3.8, 4) is 0 Å². The Balaban J connectivity index is 2.94. The molecule has 1 aromatic carbocycles. The molecule has 0 aromatic heterocycles. The van der Waals surface area contributed by atoms with E-state index in [2.05, 4.69) is 15.9 Å². The van der Waals surface area contributed by atoms with Gasteiger partial charge in [0.15, 0.2) is 0 Å². The van der Waals surface area contributed by atoms with Gasteiger partial charge in [-0.25, -0.2) is 0 Å². The van der Waals surface area contributed by atoms with Crippen LogP contribution in [0.15, 0.2) is 12.1 Å². The van der Waals surface area contributed by atoms with E-state index < -0.39 is 9.75 Å². The van der Waals surface area contributed by atoms with Gasteiger partial charge >= 0.3 is 5.97 Å². The summed E-state index contributed by atoms with van der Waals surface area (Å²) in [5, 5.41) is 10.8. The normalized spacial score (nSPS) is 12.0. The molecule has 0 bridgehead atoms. The van der Waals surface area contributed by atoms with Crippen molar-refractivity contribution in [1.29, 1.82) is 0 Å². The van der Waals surface area contributed by atoms with Crippen LogP contribution in [0.2, 0.25) is 5.02 Å². The van der Waals surface area contributed by atoms with E-state index in [1.54, 1.807) is 13.8 Å². The third kappa shape index (κ3) is 4.18. The van der Waals surface area contributed by atoms with Crippen LogP contribution < -0.4 is 0 Å². The van der Waals surface area contributed by atoms with E-state index in [4.69, 9.17) is 16.3 Å². The second kappa shape index (κ2) is 6.86. The van der Waals surface area contributed by atoms with Crippen LogP contribution in [0.4, 0.5) is 5.69 Å². The average Bonchev–Trinajstić information content (AvgIpc) is 2.33. The number of aryl methyl sites for hydroxylation is 1. The highest BCUT2D eigenvalue weighted by Gasteiger charge is 2.20. The van der Waals surface area contributed by atoms with Gasteiger partial charge in [0.05, 0.1) is 11.5 Å². The molecule has 0 aliphatic rings. The number of rotatable bonds is 5. The molecule has 1 rings (SSSR count). The zero-order valence-electron chi connectivity index (χ0n) is 10.5. The summed E-state index contributed by atoms with van der Waals surface area (Å²) in [6, 6.07) is 2.92. The van der Waals surface area contributed by atoms with Crippen LogP contribution in [-0.4, -0.2) is 22.3 Å². The van der Waals surface area contributed by atoms with Gasteiger partial charge in [0, 0.05) is 6.07 Å². The quantitative estimate of drug-likeness (QED) is 0.353. The summed E-state index contributed by atoms with van der Waals surface area (Å²) in [4.78, 5) is 21.2. The van der Waals surface area contributed by atoms with Crippen LogP contribution in [0.25, 0.3) is 0 Å². The molecule has 0 spiro atoms. The standard InChI is InChI=1S/C12H13BrClNO4/c1-3-19-12(16)9(13)5-8-6-10(14)11(15(17)18)4-7(8)2/h4,6,9H,3,5H2,1-2H3. The van der Waals surface area contributed by atoms with Crippen molar-refractivity contribution in [2.45, 2.75) is 25.1 Å². The Labute approximate surface area is 124 Å². The maximum absolute atomic E-state index is 11.5. The van der Waals surface area contributed by atoms with Crippen LogP contribution in [0.3, 0.4) is 0 Å². The number of halogens is 2. The number of nitrogens with zero attached hydrogens (tertiary/aromatic N) is 1. The van der Waals surface area contributed by atoms with Crippen molar-refractivity contribution < 1.29 is 14.5 Å². The first-order valence-electron chi connectivity index (χ1n) is 5.61. The van der Waals surface area contributed by atoms with Gasteiger partial charge in [-0.15, -0.1) is 0 Å². The Kier molecular flexibility index (Phi) is 5.75. The molecule has 0 amide bonds. The summed E-state index contributed by atoms with van der Waals surface area (Å²) in [6.45, 7) is 3.77. The number of carbonyl (C=O) groups excluding carboxylic acids is 1. The third-order valence-electron chi connectivity index (χ3n) is 2.54. The Hall–Kier alpha value is -1.14. The number of ether oxygens (including phenoxy) is 1. The molecule has 0 N–H and O–H groups in total. The third-order valence-corrected chi connectivity index (χ3v) is 3.54. The minimum Gasteiger partial charge on any atom is -0.465 e. The molecular formula is C12H13BrClNO4. The van der Waals surface area contributed by atoms with Crippen molar-refractivity contribution in [3.63, 3.8) is 0 Å². The largest absolute Gasteiger partial charge is 0.465 e. The van der Waals surface area contributed by atoms with Gasteiger partial charge in [-0.3, -0.25) is 14.9 Å². The summed E-state index contributed by atoms with van der Waals surface area (Å²) >= 11 is 9.08. The van der Waals surface area contributed by atoms with Gasteiger partial charge in [0.2, 0.25) is 0 Å². The van der Waals surface area contributed by atoms with Crippen molar-refractivity contribution in [2.75, 3.05) is 6.61 Å². The lowest BCUT2D eigenvalue weighted by Gasteiger charge is -2.11. The molecule has 104 valence electrons. The number of nitro groups is 1. The van der Waals surface area contributed by atoms with Crippen molar-refractivity contribution in [1.82, 2.24) is 0 Å². The highest BCUT2D eigenvalue weighted by Crippen LogP contribution is 2.29. The number of nitro benzene ring substituents is 1. The molecule has 0 saturated heterocycles. The summed E-state index contributed by atoms with van der Waals surface area (Å²) < 4.78 is 4.88. The number of hydrogen-bond acceptors (Lipinski definition) is 4. The van der Waals surface area contributed by atoms with Crippen molar-refractivity contribution in [2.24, 2.45) is 0 Å². The molecule has 19 heavy (non-hydrogen) atoms. The number of benzene rings is 1. The van der Waals surface area contributed by atoms with Gasteiger partial charge in [-0.1, -0.05) is 27.5 Å². The van der Waals surface area contributed by atoms with Gasteiger partial charge < -0.3 is 4.74 Å². The Morgan fingerprint density at radius 2 is 2.21 bits per heavy atom. The fourth-order valence-corrected chi connectivity index (χ4v) is 2.31. The van der Waals surface area contributed by atoms with E-state index in [0.29, 0.717) is 18.6 Å². The molecule has 1 unspecified atom stereocenters. The van der Waals surface area contributed by atoms with E-state index in [9.17, 15) is 14.9 Å². The molecule has 0 heterocycles. The maximum Gasteiger partial charge on any atom is 0.320 e. The Morgan fingerprint density at radius 3 is 2.74 bits per heavy atom. The van der Waals surface area contributed by atoms with Crippen LogP contribution in [0.5, 0.6) is 0 Å². The predicted octanol–water partition coefficient (Wildman–Crippen LogP) is 3.43. The van der Waals surface area contributed by atoms with Crippen LogP contribution in [0, 0.1) is 17.0 Å². The summed E-state index contributed by atoms with van der Waals surface area (Å²) in [5.74, 6) is -0.364. The van der Waals surface area contributed by atoms with Crippen LogP contribution >= 0.6 is 27.5 Å². The van der Waals surface area contributed by atoms with E-state index in [0.717, 1.165) is 5.56 Å². The number of esters is 1. The first kappa shape index (κ1) is 15.9. The zero-order valence-corrected chi connectivity index (χ0v) is 12.8. The van der Waals surface area contributed by atoms with Gasteiger partial charge in [-0.2, -0.15) is 0 Å². The van der Waals surface area contributed by atoms with Crippen LogP contribution in [-0.2, 0) is 16.0 Å². The molecule has 0 saturated carbocycles. The molecule has 0 radical (unpaired) electrons. The molecule has 0 fully saturated rings. The van der Waals surface area contributed by atoms with Gasteiger partial charge in [0.1, 0.15) is 9.85 Å². The number of alkyl halides is 1. The first-order valence-corrected chi connectivity index (χ1v) is 6.90. The molecule has 0 aliphatic heterocycles. The fraction of sp³-hybridized carbons (Fsp3) is 0.417. The second-order valence-electron chi connectivity index (χ2n) is 3.91. The summed E-state index contributed by atoms with van der Waals surface area (Å²) in [6.07, 6.45) is 0.363. The minimum atomic E-state index is -0.532. The second-order valence-corrected chi connectivity index (χ2v) is 5.42. The molecule has 1 atom stereocenters. The lowest BCUT2D eigenvalue weighted by Crippen LogP contribution is -2.20. The van der Waals surface area contributed by atoms with E-state index >= 15 is 0 Å². The Morgan fingerprint density at radius 1 is 1.58 bits per heavy atom. The molecule has 7 heteroatoms. The minimum absolute atomic E-state index is 0.0640. The van der Waals surface area contributed by atoms with Gasteiger partial charge in [-0.05, 0) is 37.5 Å². The molecule has 5 nitrogen and oxygen atoms in total. The summed E-state index contributed by atoms with van der Waals surface area (Å²) in [5.41, 5.74) is 1.35. The highest BCUT2D eigenvalue weighted by molar-refractivity contribution is 9.10. The maximum atomic E-state index is 11.5. The number of carbonyl (C=O) groups is 1. The topological polar surface area (TPSA) is 69.4 Å². The monoisotopic (exact) mass is 349 g/mol. The lowest BCUT2D eigenvalue weighted by molar-refractivity contribution is -0.384. The lowest BCUT2D eigenvalue weighted by atomic mass is 10.0. The molecule has 0 aliphatic carbocycles. The smallest absolute Gasteiger partial charge is 0.320 e. The summed E-state index contributed by atoms with van der Waals surface area (Å²) in [7, 11) is 0. The van der Waals surface area contributed by atoms with Gasteiger partial charge in [0.25, 0.3) is 5.69 Å². The Bertz CT molecular complexity index is 507. The molecular weight excluding hydrogens is 337 g/mol. The first-order chi connectivity index (χ1) is 8.86. The van der Waals surface area contributed by atoms with Crippen LogP contribution in [0.1, 0.15) is 18.1 Å². The number of hydrogen-bond donors (Lipinski definition) is 0. The zero-order chi connectivity index (χ0) is 14.6. The average molecular weight is 351 g/mol. The van der Waals surface area contributed by atoms with Crippen molar-refractivity contribution >= 4 is 39.2 Å². The fourth-order valence-electron chi connectivity index (χ4n) is 1.58. The van der Waals surface area contributed by atoms with E-state index in [1.165, 1.54) is 12.1 Å². The predicted molar refractivity (Wildman–Crippen MR) is 75.9 cm³/mol. The highest BCUT2D eigenvalue weighted by atomic mass is 79.9. The SMILES string of the molecule is CCOC(=O)C(Br)Cc1cc(Cl)c([N+](=O)[O-])cc1C. The van der Waals surface area contributed by atoms with E-state index in [-0.39, 0.29) is 16.7 Å². The molecule has 1 aromatic rings. The van der Waals surface area contributed by atoms with Crippen molar-refractivity contribution in [3.05, 3.63) is 38.4 Å².